The van der Waals surface area contributed by atoms with Crippen LogP contribution in [0.5, 0.6) is 0 Å². The number of hydrogen-bond acceptors (Lipinski definition) is 4. The number of rotatable bonds is 4. The molecule has 1 aliphatic heterocycles. The lowest BCUT2D eigenvalue weighted by atomic mass is 9.89. The standard InChI is InChI=1S/C19H24N4O/c1-13(2)18-16(9-21-12-22-18)19(24)23-10-15(8-20)17(11-23)14-6-4-3-5-7-14/h3-7,9,12-13,15,17H,8,10-11,20H2,1-2H3/t15-,17+/m1/s1. The quantitative estimate of drug-likeness (QED) is 0.937. The van der Waals surface area contributed by atoms with Gasteiger partial charge in [0.2, 0.25) is 0 Å². The van der Waals surface area contributed by atoms with Crippen molar-refractivity contribution in [1.29, 1.82) is 0 Å². The van der Waals surface area contributed by atoms with E-state index >= 15 is 0 Å². The fourth-order valence-electron chi connectivity index (χ4n) is 3.49. The Morgan fingerprint density at radius 3 is 2.71 bits per heavy atom. The van der Waals surface area contributed by atoms with Crippen molar-refractivity contribution in [2.24, 2.45) is 11.7 Å². The second-order valence-corrected chi connectivity index (χ2v) is 6.70. The lowest BCUT2D eigenvalue weighted by Crippen LogP contribution is -2.31. The predicted octanol–water partition coefficient (Wildman–Crippen LogP) is 2.41. The highest BCUT2D eigenvalue weighted by Gasteiger charge is 2.36. The number of hydrogen-bond donors (Lipinski definition) is 1. The molecule has 0 aliphatic carbocycles. The van der Waals surface area contributed by atoms with Crippen molar-refractivity contribution in [2.45, 2.75) is 25.7 Å². The van der Waals surface area contributed by atoms with Crippen molar-refractivity contribution in [3.05, 3.63) is 59.7 Å². The largest absolute Gasteiger partial charge is 0.338 e. The van der Waals surface area contributed by atoms with Gasteiger partial charge in [0, 0.05) is 25.2 Å². The summed E-state index contributed by atoms with van der Waals surface area (Å²) in [4.78, 5) is 23.3. The van der Waals surface area contributed by atoms with Crippen LogP contribution in [0.1, 0.15) is 47.3 Å². The normalized spacial score (nSPS) is 20.6. The minimum Gasteiger partial charge on any atom is -0.338 e. The van der Waals surface area contributed by atoms with E-state index in [4.69, 9.17) is 5.73 Å². The SMILES string of the molecule is CC(C)c1ncncc1C(=O)N1C[C@@H](CN)[C@H](c2ccccc2)C1. The Morgan fingerprint density at radius 1 is 1.29 bits per heavy atom. The summed E-state index contributed by atoms with van der Waals surface area (Å²) < 4.78 is 0. The molecule has 1 aliphatic rings. The van der Waals surface area contributed by atoms with E-state index in [1.54, 1.807) is 6.20 Å². The first-order chi connectivity index (χ1) is 11.6. The zero-order chi connectivity index (χ0) is 17.1. The Balaban J connectivity index is 1.85. The zero-order valence-corrected chi connectivity index (χ0v) is 14.2. The second kappa shape index (κ2) is 7.09. The number of carbonyl (C=O) groups excluding carboxylic acids is 1. The minimum atomic E-state index is 0.0104. The number of aromatic nitrogens is 2. The van der Waals surface area contributed by atoms with E-state index < -0.39 is 0 Å². The van der Waals surface area contributed by atoms with Gasteiger partial charge in [0.25, 0.3) is 5.91 Å². The van der Waals surface area contributed by atoms with Crippen molar-refractivity contribution in [3.63, 3.8) is 0 Å². The fraction of sp³-hybridized carbons (Fsp3) is 0.421. The fourth-order valence-corrected chi connectivity index (χ4v) is 3.49. The van der Waals surface area contributed by atoms with Crippen LogP contribution in [0.3, 0.4) is 0 Å². The number of likely N-dealkylation sites (tertiary alicyclic amines) is 1. The average molecular weight is 324 g/mol. The monoisotopic (exact) mass is 324 g/mol. The summed E-state index contributed by atoms with van der Waals surface area (Å²) in [6, 6.07) is 10.3. The molecule has 2 N–H and O–H groups in total. The molecule has 1 amide bonds. The molecule has 1 aromatic heterocycles. The molecule has 5 heteroatoms. The van der Waals surface area contributed by atoms with Gasteiger partial charge in [0.05, 0.1) is 11.3 Å². The summed E-state index contributed by atoms with van der Waals surface area (Å²) in [5, 5.41) is 0. The van der Waals surface area contributed by atoms with E-state index in [9.17, 15) is 4.79 Å². The molecule has 0 radical (unpaired) electrons. The molecule has 1 saturated heterocycles. The summed E-state index contributed by atoms with van der Waals surface area (Å²) in [5.74, 6) is 0.761. The van der Waals surface area contributed by atoms with Crippen LogP contribution in [-0.2, 0) is 0 Å². The van der Waals surface area contributed by atoms with Crippen molar-refractivity contribution in [3.8, 4) is 0 Å². The molecule has 0 bridgehead atoms. The number of nitrogens with two attached hydrogens (primary N) is 1. The third kappa shape index (κ3) is 3.17. The van der Waals surface area contributed by atoms with Gasteiger partial charge in [-0.3, -0.25) is 4.79 Å². The molecule has 5 nitrogen and oxygen atoms in total. The van der Waals surface area contributed by atoms with Crippen molar-refractivity contribution in [1.82, 2.24) is 14.9 Å². The molecular weight excluding hydrogens is 300 g/mol. The molecule has 126 valence electrons. The molecule has 2 atom stereocenters. The maximum atomic E-state index is 13.0. The summed E-state index contributed by atoms with van der Waals surface area (Å²) in [5.41, 5.74) is 8.64. The first-order valence-electron chi connectivity index (χ1n) is 8.46. The van der Waals surface area contributed by atoms with E-state index in [-0.39, 0.29) is 23.7 Å². The third-order valence-electron chi connectivity index (χ3n) is 4.78. The molecule has 0 spiro atoms. The Bertz CT molecular complexity index is 702. The highest BCUT2D eigenvalue weighted by atomic mass is 16.2. The summed E-state index contributed by atoms with van der Waals surface area (Å²) in [7, 11) is 0. The first kappa shape index (κ1) is 16.6. The minimum absolute atomic E-state index is 0.0104. The van der Waals surface area contributed by atoms with Gasteiger partial charge in [-0.25, -0.2) is 9.97 Å². The highest BCUT2D eigenvalue weighted by molar-refractivity contribution is 5.95. The van der Waals surface area contributed by atoms with Crippen LogP contribution in [0.4, 0.5) is 0 Å². The molecule has 1 aromatic carbocycles. The van der Waals surface area contributed by atoms with Crippen molar-refractivity contribution >= 4 is 5.91 Å². The summed E-state index contributed by atoms with van der Waals surface area (Å²) in [6.07, 6.45) is 3.14. The Hall–Kier alpha value is -2.27. The van der Waals surface area contributed by atoms with Crippen LogP contribution in [-0.4, -0.2) is 40.4 Å². The van der Waals surface area contributed by atoms with Gasteiger partial charge >= 0.3 is 0 Å². The van der Waals surface area contributed by atoms with Gasteiger partial charge in [-0.1, -0.05) is 44.2 Å². The molecule has 2 heterocycles. The van der Waals surface area contributed by atoms with Crippen LogP contribution < -0.4 is 5.73 Å². The Kier molecular flexibility index (Phi) is 4.90. The topological polar surface area (TPSA) is 72.1 Å². The summed E-state index contributed by atoms with van der Waals surface area (Å²) >= 11 is 0. The maximum absolute atomic E-state index is 13.0. The number of nitrogens with zero attached hydrogens (tertiary/aromatic N) is 3. The van der Waals surface area contributed by atoms with Gasteiger partial charge in [0.1, 0.15) is 6.33 Å². The molecule has 2 aromatic rings. The van der Waals surface area contributed by atoms with Crippen LogP contribution in [0.15, 0.2) is 42.9 Å². The molecule has 0 saturated carbocycles. The van der Waals surface area contributed by atoms with Gasteiger partial charge in [-0.05, 0) is 23.9 Å². The van der Waals surface area contributed by atoms with E-state index in [1.807, 2.05) is 36.9 Å². The van der Waals surface area contributed by atoms with Gasteiger partial charge in [-0.2, -0.15) is 0 Å². The first-order valence-corrected chi connectivity index (χ1v) is 8.46. The van der Waals surface area contributed by atoms with Crippen LogP contribution in [0, 0.1) is 5.92 Å². The second-order valence-electron chi connectivity index (χ2n) is 6.70. The van der Waals surface area contributed by atoms with Crippen LogP contribution >= 0.6 is 0 Å². The van der Waals surface area contributed by atoms with Gasteiger partial charge in [-0.15, -0.1) is 0 Å². The average Bonchev–Trinajstić information content (AvgIpc) is 3.06. The van der Waals surface area contributed by atoms with Gasteiger partial charge in [0.15, 0.2) is 0 Å². The van der Waals surface area contributed by atoms with E-state index in [0.717, 1.165) is 5.69 Å². The predicted molar refractivity (Wildman–Crippen MR) is 93.8 cm³/mol. The lowest BCUT2D eigenvalue weighted by Gasteiger charge is -2.19. The smallest absolute Gasteiger partial charge is 0.257 e. The van der Waals surface area contributed by atoms with E-state index in [2.05, 4.69) is 22.1 Å². The lowest BCUT2D eigenvalue weighted by molar-refractivity contribution is 0.0784. The van der Waals surface area contributed by atoms with Crippen LogP contribution in [0.25, 0.3) is 0 Å². The zero-order valence-electron chi connectivity index (χ0n) is 14.2. The molecular formula is C19H24N4O. The molecule has 0 unspecified atom stereocenters. The molecule has 24 heavy (non-hydrogen) atoms. The van der Waals surface area contributed by atoms with Crippen LogP contribution in [0.2, 0.25) is 0 Å². The Labute approximate surface area is 142 Å². The summed E-state index contributed by atoms with van der Waals surface area (Å²) in [6.45, 7) is 6.03. The third-order valence-corrected chi connectivity index (χ3v) is 4.78. The maximum Gasteiger partial charge on any atom is 0.257 e. The highest BCUT2D eigenvalue weighted by Crippen LogP contribution is 2.33. The van der Waals surface area contributed by atoms with E-state index in [0.29, 0.717) is 25.2 Å². The number of benzene rings is 1. The van der Waals surface area contributed by atoms with Crippen molar-refractivity contribution in [2.75, 3.05) is 19.6 Å². The molecule has 3 rings (SSSR count). The molecule has 1 fully saturated rings. The number of amides is 1. The van der Waals surface area contributed by atoms with Crippen molar-refractivity contribution < 1.29 is 4.79 Å². The van der Waals surface area contributed by atoms with E-state index in [1.165, 1.54) is 11.9 Å². The van der Waals surface area contributed by atoms with Gasteiger partial charge < -0.3 is 10.6 Å². The number of carbonyl (C=O) groups is 1. The Morgan fingerprint density at radius 2 is 2.04 bits per heavy atom.